The van der Waals surface area contributed by atoms with Crippen molar-refractivity contribution in [3.63, 3.8) is 0 Å². The predicted molar refractivity (Wildman–Crippen MR) is 154 cm³/mol. The van der Waals surface area contributed by atoms with Crippen molar-refractivity contribution in [2.75, 3.05) is 26.2 Å². The summed E-state index contributed by atoms with van der Waals surface area (Å²) in [6, 6.07) is 1.87. The molecule has 2 heterocycles. The van der Waals surface area contributed by atoms with Gasteiger partial charge in [0.05, 0.1) is 6.57 Å². The number of hydrogen-bond acceptors (Lipinski definition) is 6. The second-order valence-electron chi connectivity index (χ2n) is 8.78. The summed E-state index contributed by atoms with van der Waals surface area (Å²) in [5, 5.41) is 19.5. The Balaban J connectivity index is 0.000000956. The smallest absolute Gasteiger partial charge is 0.271 e. The molecule has 0 fully saturated rings. The lowest BCUT2D eigenvalue weighted by Crippen LogP contribution is -2.42. The molecule has 0 saturated carbocycles. The fourth-order valence-electron chi connectivity index (χ4n) is 4.05. The maximum absolute atomic E-state index is 12.7. The highest BCUT2D eigenvalue weighted by atomic mass is 16.3. The van der Waals surface area contributed by atoms with Gasteiger partial charge in [-0.25, -0.2) is 4.85 Å². The maximum atomic E-state index is 12.7. The third-order valence-corrected chi connectivity index (χ3v) is 6.64. The number of allylic oxidation sites excluding steroid dienone is 4. The third kappa shape index (κ3) is 7.43. The summed E-state index contributed by atoms with van der Waals surface area (Å²) in [6.45, 7) is 26.1. The second-order valence-corrected chi connectivity index (χ2v) is 8.78. The first-order valence-electron chi connectivity index (χ1n) is 13.1. The number of likely N-dealkylation sites (N-methyl/N-ethyl adjacent to an activating group) is 1. The van der Waals surface area contributed by atoms with E-state index in [0.29, 0.717) is 16.7 Å². The minimum atomic E-state index is -0.596. The van der Waals surface area contributed by atoms with Crippen LogP contribution >= 0.6 is 0 Å². The van der Waals surface area contributed by atoms with Gasteiger partial charge >= 0.3 is 0 Å². The first-order chi connectivity index (χ1) is 18.5. The van der Waals surface area contributed by atoms with Gasteiger partial charge in [0.2, 0.25) is 5.69 Å². The Hall–Kier alpha value is -4.21. The second kappa shape index (κ2) is 15.3. The molecule has 1 aliphatic rings. The third-order valence-electron chi connectivity index (χ3n) is 6.64. The molecule has 9 heteroatoms. The zero-order chi connectivity index (χ0) is 29.9. The van der Waals surface area contributed by atoms with Crippen LogP contribution in [0.3, 0.4) is 0 Å². The zero-order valence-corrected chi connectivity index (χ0v) is 24.3. The number of rotatable bonds is 8. The number of aromatic hydroxyl groups is 1. The van der Waals surface area contributed by atoms with Crippen molar-refractivity contribution in [1.82, 2.24) is 14.4 Å². The average molecular weight is 534 g/mol. The van der Waals surface area contributed by atoms with E-state index in [1.807, 2.05) is 6.07 Å². The van der Waals surface area contributed by atoms with Gasteiger partial charge in [0, 0.05) is 24.2 Å². The van der Waals surface area contributed by atoms with Gasteiger partial charge < -0.3 is 10.0 Å². The van der Waals surface area contributed by atoms with Crippen molar-refractivity contribution in [1.29, 1.82) is 5.26 Å². The molecule has 0 radical (unpaired) electrons. The fourth-order valence-corrected chi connectivity index (χ4v) is 4.05. The fraction of sp³-hybridized carbons (Fsp3) is 0.433. The van der Waals surface area contributed by atoms with Crippen molar-refractivity contribution in [2.45, 2.75) is 61.9 Å². The van der Waals surface area contributed by atoms with E-state index in [9.17, 15) is 24.8 Å². The molecular weight excluding hydrogens is 494 g/mol. The Labute approximate surface area is 231 Å². The minimum absolute atomic E-state index is 0.0248. The van der Waals surface area contributed by atoms with Crippen LogP contribution in [-0.4, -0.2) is 57.5 Å². The van der Waals surface area contributed by atoms with E-state index in [2.05, 4.69) is 30.5 Å². The van der Waals surface area contributed by atoms with Gasteiger partial charge in [-0.15, -0.1) is 0 Å². The molecular formula is C30H39N5O4. The molecule has 0 unspecified atom stereocenters. The number of imide groups is 1. The normalized spacial score (nSPS) is 15.1. The first-order valence-corrected chi connectivity index (χ1v) is 13.1. The van der Waals surface area contributed by atoms with E-state index in [-0.39, 0.29) is 41.4 Å². The number of hydrogen-bond donors (Lipinski definition) is 1. The topological polar surface area (TPSA) is 111 Å². The van der Waals surface area contributed by atoms with Crippen LogP contribution in [0.5, 0.6) is 5.88 Å². The number of nitrogens with zero attached hydrogens (tertiary/aromatic N) is 5. The van der Waals surface area contributed by atoms with E-state index >= 15 is 0 Å². The SMILES string of the molecule is CCN(CC)CC.[C-]#[N+]c1c(C)c(C=CC(C)=CC=C2C(=O)N(CC)C(=O)C(C#N)=C2C)c(=O)n(CC)c1O. The van der Waals surface area contributed by atoms with E-state index in [4.69, 9.17) is 6.57 Å². The maximum Gasteiger partial charge on any atom is 0.271 e. The van der Waals surface area contributed by atoms with E-state index in [1.54, 1.807) is 58.9 Å². The van der Waals surface area contributed by atoms with Crippen LogP contribution < -0.4 is 5.56 Å². The number of carbonyl (C=O) groups is 2. The molecule has 2 amide bonds. The highest BCUT2D eigenvalue weighted by Gasteiger charge is 2.34. The summed E-state index contributed by atoms with van der Waals surface area (Å²) in [7, 11) is 0. The van der Waals surface area contributed by atoms with Crippen LogP contribution in [0.25, 0.3) is 10.9 Å². The van der Waals surface area contributed by atoms with Crippen LogP contribution in [0.2, 0.25) is 0 Å². The molecule has 0 aromatic carbocycles. The Morgan fingerprint density at radius 3 is 2.08 bits per heavy atom. The monoisotopic (exact) mass is 533 g/mol. The minimum Gasteiger partial charge on any atom is -0.503 e. The van der Waals surface area contributed by atoms with Gasteiger partial charge in [0.15, 0.2) is 5.88 Å². The molecule has 9 nitrogen and oxygen atoms in total. The van der Waals surface area contributed by atoms with Crippen LogP contribution in [0, 0.1) is 24.8 Å². The number of aromatic nitrogens is 1. The molecule has 0 bridgehead atoms. The molecule has 0 atom stereocenters. The number of pyridine rings is 1. The van der Waals surface area contributed by atoms with Crippen molar-refractivity contribution in [3.8, 4) is 11.9 Å². The average Bonchev–Trinajstić information content (AvgIpc) is 2.91. The van der Waals surface area contributed by atoms with Gasteiger partial charge in [-0.1, -0.05) is 44.6 Å². The molecule has 0 spiro atoms. The lowest BCUT2D eigenvalue weighted by molar-refractivity contribution is -0.140. The van der Waals surface area contributed by atoms with Gasteiger partial charge in [-0.3, -0.25) is 23.9 Å². The van der Waals surface area contributed by atoms with Gasteiger partial charge in [0.25, 0.3) is 17.4 Å². The van der Waals surface area contributed by atoms with Crippen LogP contribution in [0.15, 0.2) is 45.3 Å². The summed E-state index contributed by atoms with van der Waals surface area (Å²) in [5.74, 6) is -1.41. The quantitative estimate of drug-likeness (QED) is 0.220. The van der Waals surface area contributed by atoms with Crippen molar-refractivity contribution in [3.05, 3.63) is 73.4 Å². The molecule has 1 aromatic rings. The molecule has 1 aromatic heterocycles. The van der Waals surface area contributed by atoms with E-state index in [1.165, 1.54) is 19.6 Å². The van der Waals surface area contributed by atoms with Crippen molar-refractivity contribution < 1.29 is 14.7 Å². The molecule has 0 saturated heterocycles. The Morgan fingerprint density at radius 1 is 1.05 bits per heavy atom. The number of carbonyl (C=O) groups excluding carboxylic acids is 2. The van der Waals surface area contributed by atoms with Crippen LogP contribution in [-0.2, 0) is 16.1 Å². The molecule has 0 aliphatic carbocycles. The number of amides is 2. The van der Waals surface area contributed by atoms with E-state index in [0.717, 1.165) is 9.47 Å². The summed E-state index contributed by atoms with van der Waals surface area (Å²) < 4.78 is 1.13. The predicted octanol–water partition coefficient (Wildman–Crippen LogP) is 4.90. The molecule has 39 heavy (non-hydrogen) atoms. The summed E-state index contributed by atoms with van der Waals surface area (Å²) in [5.41, 5.74) is 1.48. The summed E-state index contributed by atoms with van der Waals surface area (Å²) in [6.07, 6.45) is 6.42. The first kappa shape index (κ1) is 32.8. The molecule has 1 aliphatic heterocycles. The van der Waals surface area contributed by atoms with E-state index < -0.39 is 17.4 Å². The lowest BCUT2D eigenvalue weighted by atomic mass is 9.95. The molecule has 1 N–H and O–H groups in total. The van der Waals surface area contributed by atoms with Crippen molar-refractivity contribution in [2.24, 2.45) is 0 Å². The largest absolute Gasteiger partial charge is 0.503 e. The lowest BCUT2D eigenvalue weighted by Gasteiger charge is -2.25. The van der Waals surface area contributed by atoms with Crippen LogP contribution in [0.1, 0.15) is 59.6 Å². The Kier molecular flexibility index (Phi) is 12.8. The Bertz CT molecular complexity index is 1350. The summed E-state index contributed by atoms with van der Waals surface area (Å²) in [4.78, 5) is 44.3. The summed E-state index contributed by atoms with van der Waals surface area (Å²) >= 11 is 0. The highest BCUT2D eigenvalue weighted by molar-refractivity contribution is 6.18. The Morgan fingerprint density at radius 2 is 1.64 bits per heavy atom. The molecule has 2 rings (SSSR count). The van der Waals surface area contributed by atoms with Crippen LogP contribution in [0.4, 0.5) is 5.69 Å². The standard InChI is InChI=1S/C24H24N4O4.C6H15N/c1-7-27-21(29)17(15(4)19(13-25)23(27)31)11-9-14(3)10-12-18-16(5)20(26-6)24(32)28(8-2)22(18)30;1-4-7(5-2)6-3/h9-12,32H,7-8H2,1-5H3;4-6H2,1-3H3. The van der Waals surface area contributed by atoms with Gasteiger partial charge in [0.1, 0.15) is 11.6 Å². The highest BCUT2D eigenvalue weighted by Crippen LogP contribution is 2.31. The molecule has 208 valence electrons. The number of nitriles is 1. The van der Waals surface area contributed by atoms with Crippen molar-refractivity contribution >= 4 is 23.6 Å². The zero-order valence-electron chi connectivity index (χ0n) is 24.3. The van der Waals surface area contributed by atoms with Gasteiger partial charge in [-0.05, 0) is 71.5 Å². The van der Waals surface area contributed by atoms with Gasteiger partial charge in [-0.2, -0.15) is 5.26 Å².